The summed E-state index contributed by atoms with van der Waals surface area (Å²) in [7, 11) is 0. The van der Waals surface area contributed by atoms with E-state index in [1.54, 1.807) is 6.92 Å². The first-order chi connectivity index (χ1) is 5.22. The molecule has 0 aromatic carbocycles. The van der Waals surface area contributed by atoms with E-state index in [2.05, 4.69) is 5.32 Å². The monoisotopic (exact) mass is 157 g/mol. The Morgan fingerprint density at radius 2 is 2.09 bits per heavy atom. The van der Waals surface area contributed by atoms with Crippen LogP contribution >= 0.6 is 0 Å². The van der Waals surface area contributed by atoms with Crippen molar-refractivity contribution in [1.29, 1.82) is 0 Å². The average molecular weight is 157 g/mol. The minimum absolute atomic E-state index is 0.00602. The molecule has 0 unspecified atom stereocenters. The minimum Gasteiger partial charge on any atom is -0.386 e. The number of rotatable bonds is 2. The summed E-state index contributed by atoms with van der Waals surface area (Å²) < 4.78 is 0. The summed E-state index contributed by atoms with van der Waals surface area (Å²) in [6.45, 7) is 3.36. The van der Waals surface area contributed by atoms with Crippen LogP contribution in [0.2, 0.25) is 0 Å². The summed E-state index contributed by atoms with van der Waals surface area (Å²) in [4.78, 5) is 11.2. The lowest BCUT2D eigenvalue weighted by Crippen LogP contribution is -2.35. The molecular formula is C8H15NO2. The highest BCUT2D eigenvalue weighted by molar-refractivity contribution is 5.84. The topological polar surface area (TPSA) is 49.3 Å². The highest BCUT2D eigenvalue weighted by Gasteiger charge is 2.23. The van der Waals surface area contributed by atoms with Gasteiger partial charge in [0.15, 0.2) is 5.78 Å². The molecule has 1 atom stereocenters. The predicted octanol–water partition coefficient (Wildman–Crippen LogP) is -0.0641. The van der Waals surface area contributed by atoms with Crippen LogP contribution < -0.4 is 5.32 Å². The smallest absolute Gasteiger partial charge is 0.164 e. The van der Waals surface area contributed by atoms with Gasteiger partial charge in [-0.15, -0.1) is 0 Å². The Morgan fingerprint density at radius 3 is 2.55 bits per heavy atom. The lowest BCUT2D eigenvalue weighted by Gasteiger charge is -2.22. The molecular weight excluding hydrogens is 142 g/mol. The van der Waals surface area contributed by atoms with Crippen LogP contribution in [0.1, 0.15) is 19.8 Å². The molecule has 0 aliphatic carbocycles. The van der Waals surface area contributed by atoms with E-state index in [1.165, 1.54) is 0 Å². The summed E-state index contributed by atoms with van der Waals surface area (Å²) >= 11 is 0. The van der Waals surface area contributed by atoms with Crippen molar-refractivity contribution in [2.45, 2.75) is 25.9 Å². The number of ketones is 1. The lowest BCUT2D eigenvalue weighted by molar-refractivity contribution is -0.131. The molecule has 64 valence electrons. The fraction of sp³-hybridized carbons (Fsp3) is 0.875. The molecule has 0 amide bonds. The molecule has 0 radical (unpaired) electrons. The van der Waals surface area contributed by atoms with Crippen molar-refractivity contribution in [2.24, 2.45) is 5.92 Å². The third-order valence-electron chi connectivity index (χ3n) is 2.15. The van der Waals surface area contributed by atoms with Crippen LogP contribution in [0, 0.1) is 5.92 Å². The molecule has 1 heterocycles. The number of hydrogen-bond acceptors (Lipinski definition) is 3. The van der Waals surface area contributed by atoms with Crippen molar-refractivity contribution in [3.63, 3.8) is 0 Å². The molecule has 0 spiro atoms. The molecule has 1 fully saturated rings. The highest BCUT2D eigenvalue weighted by atomic mass is 16.3. The maximum absolute atomic E-state index is 11.2. The van der Waals surface area contributed by atoms with Gasteiger partial charge >= 0.3 is 0 Å². The van der Waals surface area contributed by atoms with E-state index in [-0.39, 0.29) is 11.7 Å². The number of piperidine rings is 1. The largest absolute Gasteiger partial charge is 0.386 e. The van der Waals surface area contributed by atoms with Crippen molar-refractivity contribution in [3.8, 4) is 0 Å². The highest BCUT2D eigenvalue weighted by Crippen LogP contribution is 2.14. The van der Waals surface area contributed by atoms with Crippen molar-refractivity contribution < 1.29 is 9.90 Å². The van der Waals surface area contributed by atoms with Crippen LogP contribution in [0.15, 0.2) is 0 Å². The van der Waals surface area contributed by atoms with Gasteiger partial charge in [-0.3, -0.25) is 4.79 Å². The fourth-order valence-electron chi connectivity index (χ4n) is 1.45. The second-order valence-corrected chi connectivity index (χ2v) is 3.10. The van der Waals surface area contributed by atoms with E-state index in [0.717, 1.165) is 25.9 Å². The molecule has 0 saturated carbocycles. The van der Waals surface area contributed by atoms with E-state index < -0.39 is 6.10 Å². The van der Waals surface area contributed by atoms with Gasteiger partial charge in [0.25, 0.3) is 0 Å². The van der Waals surface area contributed by atoms with Gasteiger partial charge in [-0.25, -0.2) is 0 Å². The molecule has 0 aromatic rings. The zero-order valence-electron chi connectivity index (χ0n) is 6.84. The Bertz CT molecular complexity index is 139. The lowest BCUT2D eigenvalue weighted by atomic mass is 9.91. The quantitative estimate of drug-likeness (QED) is 0.590. The molecule has 1 rings (SSSR count). The molecule has 3 nitrogen and oxygen atoms in total. The van der Waals surface area contributed by atoms with Gasteiger partial charge in [0, 0.05) is 5.92 Å². The van der Waals surface area contributed by atoms with E-state index in [0.29, 0.717) is 0 Å². The van der Waals surface area contributed by atoms with Crippen molar-refractivity contribution >= 4 is 5.78 Å². The zero-order chi connectivity index (χ0) is 8.27. The van der Waals surface area contributed by atoms with Crippen LogP contribution in [0.5, 0.6) is 0 Å². The summed E-state index contributed by atoms with van der Waals surface area (Å²) in [5.74, 6) is 0.0998. The Labute approximate surface area is 66.8 Å². The Hall–Kier alpha value is -0.410. The van der Waals surface area contributed by atoms with Gasteiger partial charge in [-0.05, 0) is 32.9 Å². The Morgan fingerprint density at radius 1 is 1.55 bits per heavy atom. The number of nitrogens with one attached hydrogen (secondary N) is 1. The molecule has 1 aliphatic heterocycles. The number of carbonyl (C=O) groups is 1. The van der Waals surface area contributed by atoms with E-state index >= 15 is 0 Å². The van der Waals surface area contributed by atoms with Gasteiger partial charge in [-0.1, -0.05) is 0 Å². The molecule has 1 aliphatic rings. The standard InChI is InChI=1S/C8H15NO2/c1-6(10)8(11)7-2-4-9-5-3-7/h6-7,9-10H,2-5H2,1H3/t6-/m0/s1. The third kappa shape index (κ3) is 2.27. The maximum atomic E-state index is 11.2. The first-order valence-corrected chi connectivity index (χ1v) is 4.14. The Kier molecular flexibility index (Phi) is 3.02. The number of hydrogen-bond donors (Lipinski definition) is 2. The summed E-state index contributed by atoms with van der Waals surface area (Å²) in [5, 5.41) is 12.2. The van der Waals surface area contributed by atoms with Gasteiger partial charge in [0.05, 0.1) is 0 Å². The first-order valence-electron chi connectivity index (χ1n) is 4.14. The van der Waals surface area contributed by atoms with Crippen LogP contribution in [0.4, 0.5) is 0 Å². The fourth-order valence-corrected chi connectivity index (χ4v) is 1.45. The average Bonchev–Trinajstić information content (AvgIpc) is 2.05. The first kappa shape index (κ1) is 8.68. The van der Waals surface area contributed by atoms with E-state index in [4.69, 9.17) is 5.11 Å². The number of Topliss-reactive ketones (excluding diaryl/α,β-unsaturated/α-hetero) is 1. The van der Waals surface area contributed by atoms with Gasteiger partial charge in [0.1, 0.15) is 6.10 Å². The summed E-state index contributed by atoms with van der Waals surface area (Å²) in [5.41, 5.74) is 0. The second-order valence-electron chi connectivity index (χ2n) is 3.10. The maximum Gasteiger partial charge on any atom is 0.164 e. The molecule has 1 saturated heterocycles. The summed E-state index contributed by atoms with van der Waals surface area (Å²) in [6, 6.07) is 0. The van der Waals surface area contributed by atoms with Crippen LogP contribution in [0.25, 0.3) is 0 Å². The molecule has 11 heavy (non-hydrogen) atoms. The SMILES string of the molecule is C[C@H](O)C(=O)C1CCNCC1. The molecule has 2 N–H and O–H groups in total. The second kappa shape index (κ2) is 3.83. The van der Waals surface area contributed by atoms with E-state index in [9.17, 15) is 4.79 Å². The van der Waals surface area contributed by atoms with Crippen molar-refractivity contribution in [1.82, 2.24) is 5.32 Å². The van der Waals surface area contributed by atoms with Gasteiger partial charge < -0.3 is 10.4 Å². The normalized spacial score (nSPS) is 23.1. The van der Waals surface area contributed by atoms with Gasteiger partial charge in [-0.2, -0.15) is 0 Å². The van der Waals surface area contributed by atoms with Crippen LogP contribution in [-0.4, -0.2) is 30.1 Å². The molecule has 3 heteroatoms. The van der Waals surface area contributed by atoms with E-state index in [1.807, 2.05) is 0 Å². The minimum atomic E-state index is -0.780. The zero-order valence-corrected chi connectivity index (χ0v) is 6.84. The number of carbonyl (C=O) groups excluding carboxylic acids is 1. The van der Waals surface area contributed by atoms with Crippen LogP contribution in [-0.2, 0) is 4.79 Å². The van der Waals surface area contributed by atoms with Crippen molar-refractivity contribution in [3.05, 3.63) is 0 Å². The third-order valence-corrected chi connectivity index (χ3v) is 2.15. The molecule has 0 aromatic heterocycles. The summed E-state index contributed by atoms with van der Waals surface area (Å²) in [6.07, 6.45) is 0.978. The predicted molar refractivity (Wildman–Crippen MR) is 42.3 cm³/mol. The molecule has 0 bridgehead atoms. The Balaban J connectivity index is 2.39. The van der Waals surface area contributed by atoms with Gasteiger partial charge in [0.2, 0.25) is 0 Å². The van der Waals surface area contributed by atoms with Crippen molar-refractivity contribution in [2.75, 3.05) is 13.1 Å². The number of aliphatic hydroxyl groups is 1. The van der Waals surface area contributed by atoms with Crippen LogP contribution in [0.3, 0.4) is 0 Å². The number of aliphatic hydroxyl groups excluding tert-OH is 1.